The fourth-order valence-electron chi connectivity index (χ4n) is 3.10. The van der Waals surface area contributed by atoms with Crippen LogP contribution < -0.4 is 5.32 Å². The van der Waals surface area contributed by atoms with Gasteiger partial charge in [-0.15, -0.1) is 11.3 Å². The summed E-state index contributed by atoms with van der Waals surface area (Å²) in [6, 6.07) is 9.25. The number of anilines is 1. The first kappa shape index (κ1) is 16.2. The van der Waals surface area contributed by atoms with Crippen molar-refractivity contribution in [3.63, 3.8) is 0 Å². The minimum atomic E-state index is -0.427. The highest BCUT2D eigenvalue weighted by atomic mass is 32.1. The molecule has 0 spiro atoms. The molecule has 1 aliphatic heterocycles. The topological polar surface area (TPSA) is 62.3 Å². The summed E-state index contributed by atoms with van der Waals surface area (Å²) >= 11 is 2.87. The number of fused-ring (bicyclic) bond motifs is 1. The van der Waals surface area contributed by atoms with E-state index >= 15 is 0 Å². The molecule has 1 N–H and O–H groups in total. The number of benzene rings is 1. The van der Waals surface area contributed by atoms with Crippen LogP contribution in [0, 0.1) is 6.92 Å². The van der Waals surface area contributed by atoms with E-state index in [9.17, 15) is 9.59 Å². The molecule has 0 bridgehead atoms. The van der Waals surface area contributed by atoms with Crippen LogP contribution in [-0.2, 0) is 4.79 Å². The Bertz CT molecular complexity index is 933. The summed E-state index contributed by atoms with van der Waals surface area (Å²) < 4.78 is 1.05. The molecule has 3 heterocycles. The third kappa shape index (κ3) is 3.17. The molecule has 2 amide bonds. The standard InChI is InChI=1S/C18H17N3O2S2/c1-11-6-7-12-15(10-11)25-18(19-12)20-16(22)13-4-2-8-21(13)17(23)14-5-3-9-24-14/h3,5-7,9-10,13H,2,4,8H2,1H3,(H,19,20,22)/t13-/m1/s1. The maximum atomic E-state index is 12.7. The molecule has 1 atom stereocenters. The highest BCUT2D eigenvalue weighted by Crippen LogP contribution is 2.28. The Morgan fingerprint density at radius 2 is 2.20 bits per heavy atom. The maximum absolute atomic E-state index is 12.7. The molecule has 2 aromatic heterocycles. The van der Waals surface area contributed by atoms with Crippen LogP contribution in [-0.4, -0.2) is 34.3 Å². The number of aromatic nitrogens is 1. The minimum absolute atomic E-state index is 0.0624. The molecule has 1 saturated heterocycles. The van der Waals surface area contributed by atoms with Gasteiger partial charge in [-0.05, 0) is 48.9 Å². The maximum Gasteiger partial charge on any atom is 0.264 e. The Balaban J connectivity index is 1.52. The van der Waals surface area contributed by atoms with Gasteiger partial charge in [-0.25, -0.2) is 4.98 Å². The van der Waals surface area contributed by atoms with E-state index in [1.165, 1.54) is 22.7 Å². The molecule has 4 rings (SSSR count). The van der Waals surface area contributed by atoms with E-state index in [1.54, 1.807) is 11.0 Å². The summed E-state index contributed by atoms with van der Waals surface area (Å²) in [6.45, 7) is 2.65. The van der Waals surface area contributed by atoms with Gasteiger partial charge in [0, 0.05) is 6.54 Å². The quantitative estimate of drug-likeness (QED) is 0.759. The summed E-state index contributed by atoms with van der Waals surface area (Å²) in [6.07, 6.45) is 1.53. The number of nitrogens with one attached hydrogen (secondary N) is 1. The molecule has 5 nitrogen and oxygen atoms in total. The van der Waals surface area contributed by atoms with Crippen LogP contribution in [0.4, 0.5) is 5.13 Å². The van der Waals surface area contributed by atoms with Crippen molar-refractivity contribution in [3.8, 4) is 0 Å². The van der Waals surface area contributed by atoms with Gasteiger partial charge in [-0.1, -0.05) is 23.5 Å². The predicted octanol–water partition coefficient (Wildman–Crippen LogP) is 3.91. The number of hydrogen-bond donors (Lipinski definition) is 1. The molecule has 1 aliphatic rings. The van der Waals surface area contributed by atoms with Gasteiger partial charge in [-0.3, -0.25) is 9.59 Å². The largest absolute Gasteiger partial charge is 0.326 e. The lowest BCUT2D eigenvalue weighted by molar-refractivity contribution is -0.119. The summed E-state index contributed by atoms with van der Waals surface area (Å²) in [7, 11) is 0. The number of rotatable bonds is 3. The lowest BCUT2D eigenvalue weighted by Crippen LogP contribution is -2.42. The van der Waals surface area contributed by atoms with E-state index in [1.807, 2.05) is 30.5 Å². The number of nitrogens with zero attached hydrogens (tertiary/aromatic N) is 2. The van der Waals surface area contributed by atoms with Crippen LogP contribution in [0.25, 0.3) is 10.2 Å². The van der Waals surface area contributed by atoms with E-state index in [4.69, 9.17) is 0 Å². The number of carbonyl (C=O) groups excluding carboxylic acids is 2. The van der Waals surface area contributed by atoms with Crippen LogP contribution in [0.15, 0.2) is 35.7 Å². The lowest BCUT2D eigenvalue weighted by atomic mass is 10.2. The highest BCUT2D eigenvalue weighted by Gasteiger charge is 2.35. The van der Waals surface area contributed by atoms with Gasteiger partial charge in [0.25, 0.3) is 5.91 Å². The second kappa shape index (κ2) is 6.57. The molecule has 128 valence electrons. The third-order valence-corrected chi connectivity index (χ3v) is 6.11. The molecule has 3 aromatic rings. The molecule has 7 heteroatoms. The molecular formula is C18H17N3O2S2. The van der Waals surface area contributed by atoms with Crippen LogP contribution in [0.3, 0.4) is 0 Å². The van der Waals surface area contributed by atoms with Gasteiger partial charge < -0.3 is 10.2 Å². The Hall–Kier alpha value is -2.25. The van der Waals surface area contributed by atoms with Crippen molar-refractivity contribution >= 4 is 49.8 Å². The highest BCUT2D eigenvalue weighted by molar-refractivity contribution is 7.22. The normalized spacial score (nSPS) is 17.2. The molecule has 0 radical (unpaired) electrons. The first-order valence-electron chi connectivity index (χ1n) is 8.14. The Morgan fingerprint density at radius 3 is 3.00 bits per heavy atom. The van der Waals surface area contributed by atoms with E-state index in [0.717, 1.165) is 22.2 Å². The first-order valence-corrected chi connectivity index (χ1v) is 9.84. The molecule has 25 heavy (non-hydrogen) atoms. The Kier molecular flexibility index (Phi) is 4.27. The number of thiophene rings is 1. The van der Waals surface area contributed by atoms with Crippen LogP contribution in [0.1, 0.15) is 28.1 Å². The molecule has 0 saturated carbocycles. The molecule has 0 aliphatic carbocycles. The van der Waals surface area contributed by atoms with Crippen molar-refractivity contribution in [1.29, 1.82) is 0 Å². The fourth-order valence-corrected chi connectivity index (χ4v) is 4.74. The van der Waals surface area contributed by atoms with Crippen molar-refractivity contribution in [2.24, 2.45) is 0 Å². The van der Waals surface area contributed by atoms with Gasteiger partial charge in [0.05, 0.1) is 15.1 Å². The Morgan fingerprint density at radius 1 is 1.32 bits per heavy atom. The summed E-state index contributed by atoms with van der Waals surface area (Å²) in [4.78, 5) is 32.1. The average Bonchev–Trinajstić information content (AvgIpc) is 3.33. The summed E-state index contributed by atoms with van der Waals surface area (Å²) in [5, 5.41) is 5.36. The predicted molar refractivity (Wildman–Crippen MR) is 101 cm³/mol. The van der Waals surface area contributed by atoms with Gasteiger partial charge in [0.2, 0.25) is 5.91 Å². The van der Waals surface area contributed by atoms with E-state index < -0.39 is 6.04 Å². The average molecular weight is 371 g/mol. The second-order valence-corrected chi connectivity index (χ2v) is 8.09. The number of carbonyl (C=O) groups is 2. The van der Waals surface area contributed by atoms with Crippen LogP contribution in [0.2, 0.25) is 0 Å². The first-order chi connectivity index (χ1) is 12.1. The number of amides is 2. The second-order valence-electron chi connectivity index (χ2n) is 6.11. The van der Waals surface area contributed by atoms with Crippen molar-refractivity contribution in [1.82, 2.24) is 9.88 Å². The zero-order valence-electron chi connectivity index (χ0n) is 13.7. The summed E-state index contributed by atoms with van der Waals surface area (Å²) in [5.74, 6) is -0.217. The number of hydrogen-bond acceptors (Lipinski definition) is 5. The lowest BCUT2D eigenvalue weighted by Gasteiger charge is -2.22. The van der Waals surface area contributed by atoms with Gasteiger partial charge in [0.1, 0.15) is 6.04 Å². The van der Waals surface area contributed by atoms with Crippen LogP contribution >= 0.6 is 22.7 Å². The van der Waals surface area contributed by atoms with Crippen molar-refractivity contribution < 1.29 is 9.59 Å². The fraction of sp³-hybridized carbons (Fsp3) is 0.278. The van der Waals surface area contributed by atoms with E-state index in [2.05, 4.69) is 16.4 Å². The smallest absolute Gasteiger partial charge is 0.264 e. The van der Waals surface area contributed by atoms with Crippen LogP contribution in [0.5, 0.6) is 0 Å². The van der Waals surface area contributed by atoms with Crippen molar-refractivity contribution in [2.75, 3.05) is 11.9 Å². The molecular weight excluding hydrogens is 354 g/mol. The SMILES string of the molecule is Cc1ccc2nc(NC(=O)[C@H]3CCCN3C(=O)c3cccs3)sc2c1. The van der Waals surface area contributed by atoms with Crippen molar-refractivity contribution in [2.45, 2.75) is 25.8 Å². The van der Waals surface area contributed by atoms with E-state index in [-0.39, 0.29) is 11.8 Å². The zero-order chi connectivity index (χ0) is 17.4. The minimum Gasteiger partial charge on any atom is -0.326 e. The molecule has 0 unspecified atom stereocenters. The number of aryl methyl sites for hydroxylation is 1. The summed E-state index contributed by atoms with van der Waals surface area (Å²) in [5.41, 5.74) is 2.04. The Labute approximate surface area is 153 Å². The zero-order valence-corrected chi connectivity index (χ0v) is 15.3. The number of likely N-dealkylation sites (tertiary alicyclic amines) is 1. The van der Waals surface area contributed by atoms with Crippen molar-refractivity contribution in [3.05, 3.63) is 46.2 Å². The molecule has 1 aromatic carbocycles. The van der Waals surface area contributed by atoms with Gasteiger partial charge >= 0.3 is 0 Å². The van der Waals surface area contributed by atoms with Gasteiger partial charge in [-0.2, -0.15) is 0 Å². The van der Waals surface area contributed by atoms with E-state index in [0.29, 0.717) is 23.0 Å². The molecule has 1 fully saturated rings. The van der Waals surface area contributed by atoms with Gasteiger partial charge in [0.15, 0.2) is 5.13 Å². The third-order valence-electron chi connectivity index (χ3n) is 4.32. The monoisotopic (exact) mass is 371 g/mol. The number of thiazole rings is 1.